The van der Waals surface area contributed by atoms with Crippen LogP contribution in [-0.4, -0.2) is 10.1 Å². The first-order chi connectivity index (χ1) is 11.8. The highest BCUT2D eigenvalue weighted by molar-refractivity contribution is 5.86. The molecule has 2 aliphatic rings. The van der Waals surface area contributed by atoms with Gasteiger partial charge in [-0.05, 0) is 36.6 Å². The molecule has 3 heteroatoms. The van der Waals surface area contributed by atoms with Gasteiger partial charge in [-0.1, -0.05) is 37.5 Å². The molecule has 0 bridgehead atoms. The largest absolute Gasteiger partial charge is 0.508 e. The van der Waals surface area contributed by atoms with Crippen LogP contribution < -0.4 is 5.32 Å². The number of rotatable bonds is 1. The fourth-order valence-electron chi connectivity index (χ4n) is 4.98. The van der Waals surface area contributed by atoms with Crippen molar-refractivity contribution in [1.82, 2.24) is 4.98 Å². The van der Waals surface area contributed by atoms with Crippen molar-refractivity contribution in [2.75, 3.05) is 5.32 Å². The van der Waals surface area contributed by atoms with Crippen LogP contribution in [0.2, 0.25) is 0 Å². The fourth-order valence-corrected chi connectivity index (χ4v) is 4.98. The van der Waals surface area contributed by atoms with Crippen LogP contribution in [0.4, 0.5) is 5.69 Å². The van der Waals surface area contributed by atoms with Crippen molar-refractivity contribution in [1.29, 1.82) is 0 Å². The molecule has 1 atom stereocenters. The van der Waals surface area contributed by atoms with Gasteiger partial charge in [0.25, 0.3) is 0 Å². The van der Waals surface area contributed by atoms with Gasteiger partial charge >= 0.3 is 0 Å². The molecule has 5 rings (SSSR count). The second-order valence-electron chi connectivity index (χ2n) is 7.31. The fraction of sp³-hybridized carbons (Fsp3) is 0.333. The highest BCUT2D eigenvalue weighted by atomic mass is 16.3. The first-order valence-electron chi connectivity index (χ1n) is 8.94. The molecule has 3 aromatic rings. The molecule has 1 aliphatic heterocycles. The number of aromatic nitrogens is 1. The Morgan fingerprint density at radius 2 is 1.83 bits per heavy atom. The van der Waals surface area contributed by atoms with Gasteiger partial charge < -0.3 is 15.4 Å². The van der Waals surface area contributed by atoms with Crippen molar-refractivity contribution in [3.05, 3.63) is 59.8 Å². The standard InChI is InChI=1S/C21H22N2O/c24-14-8-9-15-16(13-22-19(15)12-14)20-21(10-4-1-5-11-21)17-6-2-3-7-18(17)23-20/h2-3,6-9,12-13,20,22-24H,1,4-5,10-11H2. The third-order valence-corrected chi connectivity index (χ3v) is 6.07. The zero-order chi connectivity index (χ0) is 16.1. The summed E-state index contributed by atoms with van der Waals surface area (Å²) in [5.41, 5.74) is 5.30. The number of hydrogen-bond acceptors (Lipinski definition) is 2. The summed E-state index contributed by atoms with van der Waals surface area (Å²) in [6.07, 6.45) is 8.56. The first-order valence-corrected chi connectivity index (χ1v) is 8.94. The number of benzene rings is 2. The Morgan fingerprint density at radius 3 is 2.71 bits per heavy atom. The minimum absolute atomic E-state index is 0.196. The molecule has 2 aromatic carbocycles. The second-order valence-corrected chi connectivity index (χ2v) is 7.31. The van der Waals surface area contributed by atoms with Gasteiger partial charge in [-0.15, -0.1) is 0 Å². The van der Waals surface area contributed by atoms with E-state index in [4.69, 9.17) is 0 Å². The average Bonchev–Trinajstić information content (AvgIpc) is 3.15. The zero-order valence-corrected chi connectivity index (χ0v) is 13.7. The molecule has 3 nitrogen and oxygen atoms in total. The lowest BCUT2D eigenvalue weighted by Crippen LogP contribution is -2.34. The lowest BCUT2D eigenvalue weighted by Gasteiger charge is -2.39. The number of fused-ring (bicyclic) bond motifs is 3. The summed E-state index contributed by atoms with van der Waals surface area (Å²) in [7, 11) is 0. The van der Waals surface area contributed by atoms with E-state index in [-0.39, 0.29) is 5.41 Å². The minimum atomic E-state index is 0.196. The number of nitrogens with one attached hydrogen (secondary N) is 2. The molecule has 24 heavy (non-hydrogen) atoms. The van der Waals surface area contributed by atoms with Gasteiger partial charge in [0.05, 0.1) is 6.04 Å². The van der Waals surface area contributed by atoms with Crippen molar-refractivity contribution in [3.63, 3.8) is 0 Å². The molecule has 1 aromatic heterocycles. The van der Waals surface area contributed by atoms with Gasteiger partial charge in [-0.3, -0.25) is 0 Å². The Hall–Kier alpha value is -2.42. The molecule has 0 radical (unpaired) electrons. The van der Waals surface area contributed by atoms with Crippen LogP contribution >= 0.6 is 0 Å². The van der Waals surface area contributed by atoms with Crippen molar-refractivity contribution in [2.24, 2.45) is 0 Å². The molecule has 1 unspecified atom stereocenters. The van der Waals surface area contributed by atoms with Gasteiger partial charge in [0.2, 0.25) is 0 Å². The number of phenolic OH excluding ortho intramolecular Hbond substituents is 1. The number of aromatic amines is 1. The number of hydrogen-bond donors (Lipinski definition) is 3. The molecule has 122 valence electrons. The van der Waals surface area contributed by atoms with E-state index in [0.29, 0.717) is 11.8 Å². The summed E-state index contributed by atoms with van der Waals surface area (Å²) >= 11 is 0. The van der Waals surface area contributed by atoms with E-state index in [1.54, 1.807) is 6.07 Å². The van der Waals surface area contributed by atoms with Crippen LogP contribution in [0.25, 0.3) is 10.9 Å². The zero-order valence-electron chi connectivity index (χ0n) is 13.7. The number of phenols is 1. The van der Waals surface area contributed by atoms with E-state index in [1.165, 1.54) is 54.3 Å². The third kappa shape index (κ3) is 1.84. The van der Waals surface area contributed by atoms with E-state index < -0.39 is 0 Å². The predicted octanol–water partition coefficient (Wildman–Crippen LogP) is 5.24. The summed E-state index contributed by atoms with van der Waals surface area (Å²) in [5, 5.41) is 14.8. The van der Waals surface area contributed by atoms with Crippen molar-refractivity contribution >= 4 is 16.6 Å². The Bertz CT molecular complexity index is 905. The molecule has 1 spiro atoms. The summed E-state index contributed by atoms with van der Waals surface area (Å²) in [5.74, 6) is 0.311. The van der Waals surface area contributed by atoms with Crippen molar-refractivity contribution in [3.8, 4) is 5.75 Å². The average molecular weight is 318 g/mol. The van der Waals surface area contributed by atoms with Crippen molar-refractivity contribution < 1.29 is 5.11 Å². The predicted molar refractivity (Wildman–Crippen MR) is 97.5 cm³/mol. The molecule has 3 N–H and O–H groups in total. The van der Waals surface area contributed by atoms with E-state index >= 15 is 0 Å². The van der Waals surface area contributed by atoms with Gasteiger partial charge in [0.1, 0.15) is 5.75 Å². The minimum Gasteiger partial charge on any atom is -0.508 e. The van der Waals surface area contributed by atoms with Crippen molar-refractivity contribution in [2.45, 2.75) is 43.6 Å². The second kappa shape index (κ2) is 5.04. The summed E-state index contributed by atoms with van der Waals surface area (Å²) in [6.45, 7) is 0. The van der Waals surface area contributed by atoms with Crippen LogP contribution in [0.3, 0.4) is 0 Å². The van der Waals surface area contributed by atoms with Gasteiger partial charge in [0.15, 0.2) is 0 Å². The monoisotopic (exact) mass is 318 g/mol. The first kappa shape index (κ1) is 14.0. The summed E-state index contributed by atoms with van der Waals surface area (Å²) in [4.78, 5) is 3.35. The summed E-state index contributed by atoms with van der Waals surface area (Å²) < 4.78 is 0. The Balaban J connectivity index is 1.69. The van der Waals surface area contributed by atoms with Crippen LogP contribution in [0.15, 0.2) is 48.7 Å². The maximum Gasteiger partial charge on any atom is 0.117 e. The molecule has 1 aliphatic carbocycles. The van der Waals surface area contributed by atoms with Gasteiger partial charge in [0, 0.05) is 39.8 Å². The van der Waals surface area contributed by atoms with Crippen LogP contribution in [-0.2, 0) is 5.41 Å². The molecular formula is C21H22N2O. The van der Waals surface area contributed by atoms with E-state index in [1.807, 2.05) is 12.1 Å². The molecule has 2 heterocycles. The number of anilines is 1. The quantitative estimate of drug-likeness (QED) is 0.574. The highest BCUT2D eigenvalue weighted by Crippen LogP contribution is 2.56. The number of aromatic hydroxyl groups is 1. The lowest BCUT2D eigenvalue weighted by atomic mass is 9.65. The third-order valence-electron chi connectivity index (χ3n) is 6.07. The Labute approximate surface area is 141 Å². The maximum absolute atomic E-state index is 9.75. The number of para-hydroxylation sites is 1. The molecule has 0 saturated heterocycles. The van der Waals surface area contributed by atoms with Gasteiger partial charge in [-0.25, -0.2) is 0 Å². The Kier molecular flexibility index (Phi) is 2.93. The topological polar surface area (TPSA) is 48.0 Å². The van der Waals surface area contributed by atoms with E-state index in [0.717, 1.165) is 5.52 Å². The molecular weight excluding hydrogens is 296 g/mol. The molecule has 0 amide bonds. The smallest absolute Gasteiger partial charge is 0.117 e. The van der Waals surface area contributed by atoms with Crippen LogP contribution in [0.5, 0.6) is 5.75 Å². The van der Waals surface area contributed by atoms with Gasteiger partial charge in [-0.2, -0.15) is 0 Å². The van der Waals surface area contributed by atoms with E-state index in [9.17, 15) is 5.11 Å². The molecule has 1 fully saturated rings. The Morgan fingerprint density at radius 1 is 1.00 bits per heavy atom. The maximum atomic E-state index is 9.75. The SMILES string of the molecule is Oc1ccc2c(C3Nc4ccccc4C34CCCCC4)c[nH]c2c1. The van der Waals surface area contributed by atoms with E-state index in [2.05, 4.69) is 40.8 Å². The lowest BCUT2D eigenvalue weighted by molar-refractivity contribution is 0.271. The van der Waals surface area contributed by atoms with Crippen LogP contribution in [0, 0.1) is 0 Å². The van der Waals surface area contributed by atoms with Crippen LogP contribution in [0.1, 0.15) is 49.3 Å². The summed E-state index contributed by atoms with van der Waals surface area (Å²) in [6, 6.07) is 14.8. The number of H-pyrrole nitrogens is 1. The normalized spacial score (nSPS) is 21.8. The molecule has 1 saturated carbocycles. The highest BCUT2D eigenvalue weighted by Gasteiger charge is 2.48.